The number of hydrogen-bond acceptors (Lipinski definition) is 4. The van der Waals surface area contributed by atoms with E-state index in [9.17, 15) is 9.59 Å². The first kappa shape index (κ1) is 16.9. The molecule has 116 valence electrons. The Morgan fingerprint density at radius 1 is 1.25 bits per heavy atom. The fourth-order valence-electron chi connectivity index (χ4n) is 2.46. The molecular weight excluding hydrogens is 258 g/mol. The Labute approximate surface area is 120 Å². The van der Waals surface area contributed by atoms with E-state index in [1.807, 2.05) is 0 Å². The molecular formula is C14H27N3O3. The van der Waals surface area contributed by atoms with Gasteiger partial charge < -0.3 is 15.8 Å². The van der Waals surface area contributed by atoms with Crippen molar-refractivity contribution < 1.29 is 14.3 Å². The van der Waals surface area contributed by atoms with Crippen molar-refractivity contribution >= 4 is 11.9 Å². The molecule has 0 spiro atoms. The monoisotopic (exact) mass is 285 g/mol. The summed E-state index contributed by atoms with van der Waals surface area (Å²) in [6.07, 6.45) is 3.03. The summed E-state index contributed by atoms with van der Waals surface area (Å²) in [4.78, 5) is 23.0. The van der Waals surface area contributed by atoms with E-state index in [2.05, 4.69) is 24.5 Å². The van der Waals surface area contributed by atoms with Gasteiger partial charge in [-0.05, 0) is 38.0 Å². The van der Waals surface area contributed by atoms with Crippen molar-refractivity contribution in [2.75, 3.05) is 13.6 Å². The van der Waals surface area contributed by atoms with Crippen LogP contribution in [0.4, 0.5) is 4.79 Å². The summed E-state index contributed by atoms with van der Waals surface area (Å²) >= 11 is 0. The number of amides is 3. The average Bonchev–Trinajstić information content (AvgIpc) is 2.41. The molecule has 1 saturated carbocycles. The zero-order chi connectivity index (χ0) is 15.4. The maximum Gasteiger partial charge on any atom is 0.321 e. The maximum absolute atomic E-state index is 11.8. The number of carbonyl (C=O) groups is 2. The van der Waals surface area contributed by atoms with Gasteiger partial charge in [0.2, 0.25) is 0 Å². The van der Waals surface area contributed by atoms with E-state index in [-0.39, 0.29) is 0 Å². The molecule has 0 radical (unpaired) electrons. The van der Waals surface area contributed by atoms with E-state index < -0.39 is 23.6 Å². The second kappa shape index (κ2) is 6.54. The lowest BCUT2D eigenvalue weighted by molar-refractivity contribution is -0.151. The van der Waals surface area contributed by atoms with Crippen molar-refractivity contribution in [2.24, 2.45) is 11.1 Å². The lowest BCUT2D eigenvalue weighted by atomic mass is 9.71. The van der Waals surface area contributed by atoms with Crippen LogP contribution in [0.15, 0.2) is 0 Å². The molecule has 1 rings (SSSR count). The Hall–Kier alpha value is -1.14. The average molecular weight is 285 g/mol. The van der Waals surface area contributed by atoms with Crippen LogP contribution in [0.25, 0.3) is 0 Å². The van der Waals surface area contributed by atoms with E-state index in [4.69, 9.17) is 10.5 Å². The zero-order valence-corrected chi connectivity index (χ0v) is 12.9. The molecule has 20 heavy (non-hydrogen) atoms. The van der Waals surface area contributed by atoms with Gasteiger partial charge in [0.05, 0.1) is 5.60 Å². The van der Waals surface area contributed by atoms with Crippen molar-refractivity contribution in [1.29, 1.82) is 0 Å². The first-order valence-corrected chi connectivity index (χ1v) is 7.14. The van der Waals surface area contributed by atoms with Crippen LogP contribution in [-0.2, 0) is 9.53 Å². The Kier molecular flexibility index (Phi) is 5.53. The van der Waals surface area contributed by atoms with Gasteiger partial charge in [0.15, 0.2) is 0 Å². The third-order valence-corrected chi connectivity index (χ3v) is 4.15. The Bertz CT molecular complexity index is 359. The van der Waals surface area contributed by atoms with Crippen LogP contribution in [-0.4, -0.2) is 37.2 Å². The van der Waals surface area contributed by atoms with Crippen molar-refractivity contribution in [3.63, 3.8) is 0 Å². The molecule has 3 amide bonds. The van der Waals surface area contributed by atoms with Crippen molar-refractivity contribution in [3.8, 4) is 0 Å². The highest BCUT2D eigenvalue weighted by Crippen LogP contribution is 2.42. The minimum absolute atomic E-state index is 0.301. The van der Waals surface area contributed by atoms with Crippen molar-refractivity contribution in [1.82, 2.24) is 10.6 Å². The molecule has 0 aromatic heterocycles. The van der Waals surface area contributed by atoms with Gasteiger partial charge in [-0.2, -0.15) is 0 Å². The van der Waals surface area contributed by atoms with Gasteiger partial charge >= 0.3 is 6.03 Å². The third kappa shape index (κ3) is 4.45. The van der Waals surface area contributed by atoms with E-state index in [1.54, 1.807) is 6.92 Å². The summed E-state index contributed by atoms with van der Waals surface area (Å²) in [6, 6.07) is -0.531. The Balaban J connectivity index is 2.60. The van der Waals surface area contributed by atoms with Gasteiger partial charge in [0, 0.05) is 13.6 Å². The molecule has 1 fully saturated rings. The molecule has 0 aliphatic heterocycles. The highest BCUT2D eigenvalue weighted by Gasteiger charge is 2.40. The minimum atomic E-state index is -0.697. The molecule has 4 N–H and O–H groups in total. The number of hydrogen-bond donors (Lipinski definition) is 3. The van der Waals surface area contributed by atoms with Gasteiger partial charge in [-0.15, -0.1) is 0 Å². The molecule has 0 bridgehead atoms. The molecule has 1 unspecified atom stereocenters. The van der Waals surface area contributed by atoms with Crippen molar-refractivity contribution in [2.45, 2.75) is 58.2 Å². The van der Waals surface area contributed by atoms with E-state index >= 15 is 0 Å². The van der Waals surface area contributed by atoms with Gasteiger partial charge in [0.1, 0.15) is 6.10 Å². The van der Waals surface area contributed by atoms with E-state index in [0.717, 1.165) is 25.7 Å². The highest BCUT2D eigenvalue weighted by molar-refractivity contribution is 5.96. The number of nitrogens with one attached hydrogen (secondary N) is 2. The first-order chi connectivity index (χ1) is 9.23. The smallest absolute Gasteiger partial charge is 0.321 e. The second-order valence-corrected chi connectivity index (χ2v) is 6.38. The van der Waals surface area contributed by atoms with Crippen LogP contribution in [0.5, 0.6) is 0 Å². The number of nitrogens with two attached hydrogens (primary N) is 1. The molecule has 6 nitrogen and oxygen atoms in total. The highest BCUT2D eigenvalue weighted by atomic mass is 16.5. The van der Waals surface area contributed by atoms with Gasteiger partial charge in [-0.3, -0.25) is 10.1 Å². The predicted molar refractivity (Wildman–Crippen MR) is 77.2 cm³/mol. The summed E-state index contributed by atoms with van der Waals surface area (Å²) < 4.78 is 5.91. The fraction of sp³-hybridized carbons (Fsp3) is 0.857. The lowest BCUT2D eigenvalue weighted by Crippen LogP contribution is -2.51. The van der Waals surface area contributed by atoms with Crippen LogP contribution >= 0.6 is 0 Å². The van der Waals surface area contributed by atoms with Crippen LogP contribution in [0, 0.1) is 5.41 Å². The number of imide groups is 1. The minimum Gasteiger partial charge on any atom is -0.361 e. The normalized spacial score (nSPS) is 21.9. The van der Waals surface area contributed by atoms with Crippen LogP contribution in [0.1, 0.15) is 46.5 Å². The van der Waals surface area contributed by atoms with Gasteiger partial charge in [-0.25, -0.2) is 4.79 Å². The molecule has 6 heteroatoms. The third-order valence-electron chi connectivity index (χ3n) is 4.15. The molecule has 0 saturated heterocycles. The van der Waals surface area contributed by atoms with Crippen LogP contribution in [0.2, 0.25) is 0 Å². The molecule has 1 aliphatic rings. The quantitative estimate of drug-likeness (QED) is 0.722. The fourth-order valence-corrected chi connectivity index (χ4v) is 2.46. The van der Waals surface area contributed by atoms with Crippen LogP contribution < -0.4 is 16.4 Å². The molecule has 0 heterocycles. The summed E-state index contributed by atoms with van der Waals surface area (Å²) in [6.45, 7) is 6.50. The lowest BCUT2D eigenvalue weighted by Gasteiger charge is -2.43. The topological polar surface area (TPSA) is 93.5 Å². The SMILES string of the molecule is CNC(=O)NC(=O)C(C)OC1(CN)CCC(C)(C)CC1. The summed E-state index contributed by atoms with van der Waals surface area (Å²) in [5.74, 6) is -0.443. The molecule has 1 aliphatic carbocycles. The number of urea groups is 1. The standard InChI is InChI=1S/C14H27N3O3/c1-10(11(18)17-12(19)16-4)20-14(9-15)7-5-13(2,3)6-8-14/h10H,5-9,15H2,1-4H3,(H2,16,17,18,19). The van der Waals surface area contributed by atoms with Crippen LogP contribution in [0.3, 0.4) is 0 Å². The van der Waals surface area contributed by atoms with E-state index in [0.29, 0.717) is 12.0 Å². The number of carbonyl (C=O) groups excluding carboxylic acids is 2. The van der Waals surface area contributed by atoms with Gasteiger partial charge in [-0.1, -0.05) is 13.8 Å². The molecule has 1 atom stereocenters. The maximum atomic E-state index is 11.8. The predicted octanol–water partition coefficient (Wildman–Crippen LogP) is 1.14. The Morgan fingerprint density at radius 3 is 2.25 bits per heavy atom. The summed E-state index contributed by atoms with van der Waals surface area (Å²) in [5, 5.41) is 4.56. The largest absolute Gasteiger partial charge is 0.361 e. The summed E-state index contributed by atoms with van der Waals surface area (Å²) in [7, 11) is 1.46. The number of rotatable bonds is 4. The van der Waals surface area contributed by atoms with Gasteiger partial charge in [0.25, 0.3) is 5.91 Å². The van der Waals surface area contributed by atoms with E-state index in [1.165, 1.54) is 7.05 Å². The number of ether oxygens (including phenoxy) is 1. The zero-order valence-electron chi connectivity index (χ0n) is 12.9. The Morgan fingerprint density at radius 2 is 1.80 bits per heavy atom. The summed E-state index contributed by atoms with van der Waals surface area (Å²) in [5.41, 5.74) is 5.72. The first-order valence-electron chi connectivity index (χ1n) is 7.14. The second-order valence-electron chi connectivity index (χ2n) is 6.38. The molecule has 0 aromatic rings. The van der Waals surface area contributed by atoms with Crippen molar-refractivity contribution in [3.05, 3.63) is 0 Å². The molecule has 0 aromatic carbocycles.